The van der Waals surface area contributed by atoms with Crippen LogP contribution in [0.2, 0.25) is 0 Å². The van der Waals surface area contributed by atoms with E-state index in [-0.39, 0.29) is 0 Å². The summed E-state index contributed by atoms with van der Waals surface area (Å²) in [4.78, 5) is 8.84. The first-order valence-corrected chi connectivity index (χ1v) is 9.17. The minimum atomic E-state index is -0.685. The van der Waals surface area contributed by atoms with Gasteiger partial charge >= 0.3 is 0 Å². The minimum absolute atomic E-state index is 0.505. The zero-order valence-electron chi connectivity index (χ0n) is 13.1. The zero-order chi connectivity index (χ0) is 15.4. The van der Waals surface area contributed by atoms with Crippen LogP contribution in [0.15, 0.2) is 6.20 Å². The van der Waals surface area contributed by atoms with Crippen molar-refractivity contribution in [2.75, 3.05) is 17.7 Å². The fourth-order valence-electron chi connectivity index (χ4n) is 2.63. The quantitative estimate of drug-likeness (QED) is 0.797. The summed E-state index contributed by atoms with van der Waals surface area (Å²) < 4.78 is 13.3. The SMILES string of the molecule is CCc1nc2c(N)ncc(C)c2n1CCCCCS(C)=O. The van der Waals surface area contributed by atoms with Gasteiger partial charge in [0.25, 0.3) is 0 Å². The van der Waals surface area contributed by atoms with E-state index in [1.54, 1.807) is 6.26 Å². The molecule has 2 rings (SSSR count). The van der Waals surface area contributed by atoms with Crippen molar-refractivity contribution in [3.63, 3.8) is 0 Å². The van der Waals surface area contributed by atoms with Crippen LogP contribution < -0.4 is 5.73 Å². The van der Waals surface area contributed by atoms with Crippen LogP contribution in [0.4, 0.5) is 5.82 Å². The number of nitrogens with zero attached hydrogens (tertiary/aromatic N) is 3. The lowest BCUT2D eigenvalue weighted by molar-refractivity contribution is 0.593. The number of imidazole rings is 1. The van der Waals surface area contributed by atoms with E-state index in [9.17, 15) is 4.21 Å². The smallest absolute Gasteiger partial charge is 0.151 e. The molecule has 2 aromatic rings. The van der Waals surface area contributed by atoms with Gasteiger partial charge in [0.2, 0.25) is 0 Å². The number of unbranched alkanes of at least 4 members (excludes halogenated alkanes) is 2. The Bertz CT molecular complexity index is 651. The second kappa shape index (κ2) is 7.02. The number of hydrogen-bond donors (Lipinski definition) is 1. The standard InChI is InChI=1S/C15H24N4OS/c1-4-12-18-13-14(11(2)10-17-15(13)16)19(12)8-6-5-7-9-21(3)20/h10H,4-9H2,1-3H3,(H2,16,17). The fraction of sp³-hybridized carbons (Fsp3) is 0.600. The van der Waals surface area contributed by atoms with Crippen molar-refractivity contribution in [2.24, 2.45) is 0 Å². The molecule has 1 unspecified atom stereocenters. The maximum atomic E-state index is 11.1. The molecule has 21 heavy (non-hydrogen) atoms. The number of aromatic nitrogens is 3. The first-order chi connectivity index (χ1) is 10.0. The maximum Gasteiger partial charge on any atom is 0.151 e. The summed E-state index contributed by atoms with van der Waals surface area (Å²) in [6.07, 6.45) is 7.62. The number of aryl methyl sites for hydroxylation is 3. The molecule has 1 atom stereocenters. The lowest BCUT2D eigenvalue weighted by Crippen LogP contribution is -2.05. The van der Waals surface area contributed by atoms with Gasteiger partial charge in [-0.15, -0.1) is 0 Å². The summed E-state index contributed by atoms with van der Waals surface area (Å²) in [5.74, 6) is 2.36. The average Bonchev–Trinajstić information content (AvgIpc) is 2.82. The molecule has 0 aliphatic carbocycles. The summed E-state index contributed by atoms with van der Waals surface area (Å²) >= 11 is 0. The van der Waals surface area contributed by atoms with Crippen LogP contribution in [0.5, 0.6) is 0 Å². The van der Waals surface area contributed by atoms with E-state index in [0.29, 0.717) is 5.82 Å². The van der Waals surface area contributed by atoms with Crippen molar-refractivity contribution in [2.45, 2.75) is 46.1 Å². The van der Waals surface area contributed by atoms with E-state index < -0.39 is 10.8 Å². The Morgan fingerprint density at radius 3 is 2.76 bits per heavy atom. The van der Waals surface area contributed by atoms with E-state index in [1.807, 2.05) is 13.1 Å². The van der Waals surface area contributed by atoms with Crippen molar-refractivity contribution >= 4 is 27.7 Å². The van der Waals surface area contributed by atoms with Gasteiger partial charge in [0, 0.05) is 42.0 Å². The number of pyridine rings is 1. The van der Waals surface area contributed by atoms with Gasteiger partial charge in [-0.3, -0.25) is 4.21 Å². The van der Waals surface area contributed by atoms with Crippen LogP contribution >= 0.6 is 0 Å². The minimum Gasteiger partial charge on any atom is -0.382 e. The monoisotopic (exact) mass is 308 g/mol. The van der Waals surface area contributed by atoms with Crippen LogP contribution in [-0.2, 0) is 23.8 Å². The molecule has 6 heteroatoms. The van der Waals surface area contributed by atoms with E-state index in [0.717, 1.165) is 60.4 Å². The Morgan fingerprint density at radius 2 is 2.10 bits per heavy atom. The molecule has 0 radical (unpaired) electrons. The predicted molar refractivity (Wildman–Crippen MR) is 88.8 cm³/mol. The van der Waals surface area contributed by atoms with Crippen molar-refractivity contribution in [3.05, 3.63) is 17.6 Å². The average molecular weight is 308 g/mol. The van der Waals surface area contributed by atoms with Gasteiger partial charge in [0.1, 0.15) is 11.3 Å². The molecule has 0 aliphatic heterocycles. The zero-order valence-corrected chi connectivity index (χ0v) is 13.9. The molecule has 0 amide bonds. The Morgan fingerprint density at radius 1 is 1.33 bits per heavy atom. The van der Waals surface area contributed by atoms with Gasteiger partial charge in [-0.05, 0) is 25.3 Å². The van der Waals surface area contributed by atoms with E-state index in [4.69, 9.17) is 5.73 Å². The van der Waals surface area contributed by atoms with Crippen LogP contribution in [-0.4, -0.2) is 30.8 Å². The summed E-state index contributed by atoms with van der Waals surface area (Å²) in [6.45, 7) is 5.09. The molecule has 0 aliphatic rings. The molecule has 5 nitrogen and oxygen atoms in total. The number of fused-ring (bicyclic) bond motifs is 1. The van der Waals surface area contributed by atoms with Gasteiger partial charge in [-0.2, -0.15) is 0 Å². The summed E-state index contributed by atoms with van der Waals surface area (Å²) in [5, 5.41) is 0. The number of rotatable bonds is 7. The summed E-state index contributed by atoms with van der Waals surface area (Å²) in [7, 11) is -0.685. The topological polar surface area (TPSA) is 73.8 Å². The first-order valence-electron chi connectivity index (χ1n) is 7.44. The van der Waals surface area contributed by atoms with Crippen molar-refractivity contribution < 1.29 is 4.21 Å². The van der Waals surface area contributed by atoms with E-state index in [1.165, 1.54) is 0 Å². The highest BCUT2D eigenvalue weighted by atomic mass is 32.2. The normalized spacial score (nSPS) is 12.9. The van der Waals surface area contributed by atoms with Crippen LogP contribution in [0.3, 0.4) is 0 Å². The molecular weight excluding hydrogens is 284 g/mol. The molecule has 2 aromatic heterocycles. The van der Waals surface area contributed by atoms with E-state index >= 15 is 0 Å². The van der Waals surface area contributed by atoms with Gasteiger partial charge in [-0.25, -0.2) is 9.97 Å². The number of anilines is 1. The van der Waals surface area contributed by atoms with Gasteiger partial charge in [0.15, 0.2) is 5.82 Å². The lowest BCUT2D eigenvalue weighted by Gasteiger charge is -2.09. The first kappa shape index (κ1) is 15.9. The van der Waals surface area contributed by atoms with Crippen molar-refractivity contribution in [1.82, 2.24) is 14.5 Å². The second-order valence-electron chi connectivity index (χ2n) is 5.39. The molecule has 0 saturated carbocycles. The Kier molecular flexibility index (Phi) is 5.33. The molecule has 0 bridgehead atoms. The summed E-state index contributed by atoms with van der Waals surface area (Å²) in [5.41, 5.74) is 8.99. The van der Waals surface area contributed by atoms with Crippen LogP contribution in [0, 0.1) is 6.92 Å². The second-order valence-corrected chi connectivity index (χ2v) is 6.95. The molecule has 0 saturated heterocycles. The third kappa shape index (κ3) is 3.61. The molecule has 2 N–H and O–H groups in total. The molecule has 0 spiro atoms. The number of nitrogens with two attached hydrogens (primary N) is 1. The highest BCUT2D eigenvalue weighted by Crippen LogP contribution is 2.24. The lowest BCUT2D eigenvalue weighted by atomic mass is 10.2. The van der Waals surface area contributed by atoms with Gasteiger partial charge < -0.3 is 10.3 Å². The molecule has 116 valence electrons. The molecule has 0 fully saturated rings. The molecule has 2 heterocycles. The van der Waals surface area contributed by atoms with E-state index in [2.05, 4.69) is 21.5 Å². The molecular formula is C15H24N4OS. The Hall–Kier alpha value is -1.43. The van der Waals surface area contributed by atoms with Crippen molar-refractivity contribution in [3.8, 4) is 0 Å². The highest BCUT2D eigenvalue weighted by Gasteiger charge is 2.14. The van der Waals surface area contributed by atoms with Crippen LogP contribution in [0.25, 0.3) is 11.0 Å². The fourth-order valence-corrected chi connectivity index (χ4v) is 3.24. The Labute approximate surface area is 128 Å². The van der Waals surface area contributed by atoms with Crippen molar-refractivity contribution in [1.29, 1.82) is 0 Å². The number of hydrogen-bond acceptors (Lipinski definition) is 4. The van der Waals surface area contributed by atoms with Crippen LogP contribution in [0.1, 0.15) is 37.6 Å². The Balaban J connectivity index is 2.18. The summed E-state index contributed by atoms with van der Waals surface area (Å²) in [6, 6.07) is 0. The third-order valence-corrected chi connectivity index (χ3v) is 4.55. The van der Waals surface area contributed by atoms with Gasteiger partial charge in [0.05, 0.1) is 5.52 Å². The maximum absolute atomic E-state index is 11.1. The predicted octanol–water partition coefficient (Wildman–Crippen LogP) is 2.43. The highest BCUT2D eigenvalue weighted by molar-refractivity contribution is 7.84. The van der Waals surface area contributed by atoms with Gasteiger partial charge in [-0.1, -0.05) is 13.3 Å². The number of nitrogen functional groups attached to an aromatic ring is 1. The largest absolute Gasteiger partial charge is 0.382 e. The molecule has 0 aromatic carbocycles. The third-order valence-electron chi connectivity index (χ3n) is 3.69.